The molecule has 2 heterocycles. The van der Waals surface area contributed by atoms with Crippen LogP contribution in [0.5, 0.6) is 0 Å². The highest BCUT2D eigenvalue weighted by atomic mass is 32.2. The number of anilines is 1. The third-order valence-electron chi connectivity index (χ3n) is 8.94. The van der Waals surface area contributed by atoms with Crippen molar-refractivity contribution in [3.05, 3.63) is 135 Å². The Morgan fingerprint density at radius 3 is 2.43 bits per heavy atom. The highest BCUT2D eigenvalue weighted by Gasteiger charge is 2.33. The van der Waals surface area contributed by atoms with E-state index in [0.29, 0.717) is 16.7 Å². The molecule has 6 nitrogen and oxygen atoms in total. The summed E-state index contributed by atoms with van der Waals surface area (Å²) in [6.45, 7) is -2.50. The Morgan fingerprint density at radius 2 is 1.75 bits per heavy atom. The Labute approximate surface area is 326 Å². The summed E-state index contributed by atoms with van der Waals surface area (Å²) in [5.74, 6) is -3.61. The molecule has 280 valence electrons. The summed E-state index contributed by atoms with van der Waals surface area (Å²) in [4.78, 5) is 18.8. The number of hydrogen-bond donors (Lipinski definition) is 1. The molecule has 0 spiro atoms. The van der Waals surface area contributed by atoms with Crippen molar-refractivity contribution in [2.75, 3.05) is 44.7 Å². The SMILES string of the molecule is [2H]C1=C(SC([2H])([2H])c2cccc(F)c2F)N(CC(=O)N(Cc2ccc(-c3ccc(C(F)(F)F)cc3)cc2)C2CCN(C([2H])([2H])COC([2H])([2H])[2H])CC2)c2c([2H])c([2H])c(C)c([2H])c2C1O. The minimum absolute atomic E-state index is 0.0209. The van der Waals surface area contributed by atoms with E-state index < -0.39 is 109 Å². The molecule has 0 radical (unpaired) electrons. The topological polar surface area (TPSA) is 56.3 Å². The first-order chi connectivity index (χ1) is 29.7. The number of aliphatic hydroxyl groups is 1. The van der Waals surface area contributed by atoms with Crippen LogP contribution in [0.1, 0.15) is 61.8 Å². The zero-order valence-electron chi connectivity index (χ0n) is 39.4. The van der Waals surface area contributed by atoms with Gasteiger partial charge in [-0.1, -0.05) is 66.2 Å². The number of aliphatic hydroxyl groups excluding tert-OH is 1. The Bertz CT molecular complexity index is 2420. The fraction of sp³-hybridized carbons (Fsp3) is 0.341. The van der Waals surface area contributed by atoms with Gasteiger partial charge in [0.05, 0.1) is 26.8 Å². The molecular weight excluding hydrogens is 710 g/mol. The summed E-state index contributed by atoms with van der Waals surface area (Å²) < 4.78 is 166. The van der Waals surface area contributed by atoms with E-state index in [9.17, 15) is 27.5 Å². The van der Waals surface area contributed by atoms with Crippen LogP contribution in [0, 0.1) is 18.6 Å². The number of fused-ring (bicyclic) bond motifs is 1. The van der Waals surface area contributed by atoms with E-state index in [-0.39, 0.29) is 61.1 Å². The maximum atomic E-state index is 15.1. The summed E-state index contributed by atoms with van der Waals surface area (Å²) in [6, 6.07) is 11.1. The number of methoxy groups -OCH3 is 1. The molecule has 1 amide bonds. The normalized spacial score (nSPS) is 20.7. The van der Waals surface area contributed by atoms with Crippen LogP contribution in [0.4, 0.5) is 27.6 Å². The number of likely N-dealkylation sites (tertiary alicyclic amines) is 1. The lowest BCUT2D eigenvalue weighted by Gasteiger charge is -2.40. The van der Waals surface area contributed by atoms with Crippen LogP contribution >= 0.6 is 11.8 Å². The molecule has 1 fully saturated rings. The minimum atomic E-state index is -4.53. The number of thioether (sulfide) groups is 1. The van der Waals surface area contributed by atoms with E-state index in [0.717, 1.165) is 35.2 Å². The molecule has 4 aromatic carbocycles. The van der Waals surface area contributed by atoms with Gasteiger partial charge in [-0.25, -0.2) is 8.78 Å². The standard InChI is InChI=1S/C41H42F5N3O3S/c1-27-6-15-36-34(22-27)37(50)23-39(53-26-31-4-3-5-35(42)40(31)43)49(36)25-38(51)48(33-16-18-47(19-17-33)20-21-52-2)24-28-7-9-29(10-8-28)30-11-13-32(14-12-30)41(44,45)46/h3-15,22-23,33,37,50H,16-21,24-26H2,1-2H3/i2D3,6D,15D,20D2,22D,23D,26D2. The maximum Gasteiger partial charge on any atom is 0.416 e. The molecule has 53 heavy (non-hydrogen) atoms. The minimum Gasteiger partial charge on any atom is -0.384 e. The van der Waals surface area contributed by atoms with Crippen molar-refractivity contribution < 1.29 is 51.7 Å². The highest BCUT2D eigenvalue weighted by molar-refractivity contribution is 8.02. The van der Waals surface area contributed by atoms with Crippen molar-refractivity contribution in [2.45, 2.75) is 50.3 Å². The van der Waals surface area contributed by atoms with Gasteiger partial charge in [0.25, 0.3) is 0 Å². The zero-order valence-corrected chi connectivity index (χ0v) is 29.2. The molecule has 6 rings (SSSR count). The number of nitrogens with zero attached hydrogens (tertiary/aromatic N) is 3. The molecule has 4 aromatic rings. The van der Waals surface area contributed by atoms with E-state index in [1.165, 1.54) is 28.9 Å². The molecule has 0 aromatic heterocycles. The monoisotopic (exact) mass is 762 g/mol. The second kappa shape index (κ2) is 16.8. The smallest absolute Gasteiger partial charge is 0.384 e. The number of carbonyl (C=O) groups excluding carboxylic acids is 1. The van der Waals surface area contributed by atoms with Gasteiger partial charge in [-0.2, -0.15) is 13.2 Å². The van der Waals surface area contributed by atoms with E-state index >= 15 is 4.39 Å². The summed E-state index contributed by atoms with van der Waals surface area (Å²) in [5, 5.41) is 11.0. The summed E-state index contributed by atoms with van der Waals surface area (Å²) in [7, 11) is -2.85. The van der Waals surface area contributed by atoms with Crippen molar-refractivity contribution >= 4 is 23.4 Å². The van der Waals surface area contributed by atoms with Crippen LogP contribution < -0.4 is 4.90 Å². The number of ether oxygens (including phenoxy) is 1. The molecule has 0 aliphatic carbocycles. The molecule has 1 unspecified atom stereocenters. The molecular formula is C41H42F5N3O3S. The van der Waals surface area contributed by atoms with Crippen molar-refractivity contribution in [1.29, 1.82) is 0 Å². The van der Waals surface area contributed by atoms with Gasteiger partial charge in [-0.05, 0) is 66.7 Å². The second-order valence-electron chi connectivity index (χ2n) is 12.5. The number of amides is 1. The van der Waals surface area contributed by atoms with Gasteiger partial charge in [0, 0.05) is 67.2 Å². The van der Waals surface area contributed by atoms with Crippen LogP contribution in [-0.2, 0) is 28.0 Å². The van der Waals surface area contributed by atoms with Crippen LogP contribution in [0.25, 0.3) is 11.1 Å². The van der Waals surface area contributed by atoms with Gasteiger partial charge in [0.2, 0.25) is 5.91 Å². The van der Waals surface area contributed by atoms with Crippen molar-refractivity contribution in [1.82, 2.24) is 9.80 Å². The molecule has 1 saturated heterocycles. The Balaban J connectivity index is 1.38. The first-order valence-electron chi connectivity index (χ1n) is 22.1. The molecule has 2 aliphatic rings. The van der Waals surface area contributed by atoms with Crippen LogP contribution in [-0.4, -0.2) is 66.6 Å². The van der Waals surface area contributed by atoms with Gasteiger partial charge in [0.15, 0.2) is 11.6 Å². The number of alkyl halides is 3. The first kappa shape index (κ1) is 26.5. The number of carbonyl (C=O) groups is 1. The molecule has 0 saturated carbocycles. The molecule has 1 N–H and O–H groups in total. The lowest BCUT2D eigenvalue weighted by molar-refractivity contribution is -0.137. The van der Waals surface area contributed by atoms with E-state index in [4.69, 9.17) is 19.8 Å². The third-order valence-corrected chi connectivity index (χ3v) is 9.79. The van der Waals surface area contributed by atoms with Crippen molar-refractivity contribution in [3.63, 3.8) is 0 Å². The first-order valence-corrected chi connectivity index (χ1v) is 17.4. The quantitative estimate of drug-likeness (QED) is 0.146. The number of piperidine rings is 1. The van der Waals surface area contributed by atoms with E-state index in [2.05, 4.69) is 0 Å². The lowest BCUT2D eigenvalue weighted by atomic mass is 9.99. The zero-order chi connectivity index (χ0) is 47.3. The van der Waals surface area contributed by atoms with Crippen LogP contribution in [0.3, 0.4) is 0 Å². The predicted molar refractivity (Wildman–Crippen MR) is 198 cm³/mol. The molecule has 12 heteroatoms. The largest absolute Gasteiger partial charge is 0.416 e. The lowest BCUT2D eigenvalue weighted by Crippen LogP contribution is -2.50. The van der Waals surface area contributed by atoms with Crippen LogP contribution in [0.15, 0.2) is 95.9 Å². The van der Waals surface area contributed by atoms with Crippen molar-refractivity contribution in [3.8, 4) is 11.1 Å². The fourth-order valence-electron chi connectivity index (χ4n) is 6.17. The molecule has 1 atom stereocenters. The summed E-state index contributed by atoms with van der Waals surface area (Å²) in [6.07, 6.45) is -6.22. The van der Waals surface area contributed by atoms with E-state index in [1.54, 1.807) is 24.3 Å². The number of halogens is 5. The maximum absolute atomic E-state index is 15.1. The Morgan fingerprint density at radius 1 is 1.06 bits per heavy atom. The second-order valence-corrected chi connectivity index (χ2v) is 13.3. The predicted octanol–water partition coefficient (Wildman–Crippen LogP) is 8.73. The Hall–Kier alpha value is -4.23. The van der Waals surface area contributed by atoms with Crippen molar-refractivity contribution in [2.24, 2.45) is 0 Å². The Kier molecular flexibility index (Phi) is 8.43. The third kappa shape index (κ3) is 9.29. The number of rotatable bonds is 12. The number of hydrogen-bond acceptors (Lipinski definition) is 6. The molecule has 0 bridgehead atoms. The molecule has 2 aliphatic heterocycles. The average Bonchev–Trinajstić information content (AvgIpc) is 3.23. The fourth-order valence-corrected chi connectivity index (χ4v) is 6.97. The van der Waals surface area contributed by atoms with Gasteiger partial charge in [-0.15, -0.1) is 11.8 Å². The summed E-state index contributed by atoms with van der Waals surface area (Å²) in [5.41, 5.74) is -3.57. The van der Waals surface area contributed by atoms with Gasteiger partial charge in [0.1, 0.15) is 12.6 Å². The average molecular weight is 763 g/mol. The van der Waals surface area contributed by atoms with E-state index in [1.807, 2.05) is 0 Å². The van der Waals surface area contributed by atoms with Gasteiger partial charge in [-0.3, -0.25) is 4.79 Å². The summed E-state index contributed by atoms with van der Waals surface area (Å²) >= 11 is 0.157. The van der Waals surface area contributed by atoms with Crippen LogP contribution in [0.2, 0.25) is 0 Å². The van der Waals surface area contributed by atoms with Gasteiger partial charge >= 0.3 is 6.18 Å². The van der Waals surface area contributed by atoms with Gasteiger partial charge < -0.3 is 24.5 Å². The highest BCUT2D eigenvalue weighted by Crippen LogP contribution is 2.41. The number of benzene rings is 4.